The number of hydrogen-bond acceptors (Lipinski definition) is 2. The Bertz CT molecular complexity index is 370. The molecule has 14 heavy (non-hydrogen) atoms. The molecule has 0 aliphatic carbocycles. The molecule has 0 unspecified atom stereocenters. The van der Waals surface area contributed by atoms with Crippen LogP contribution in [-0.4, -0.2) is 13.9 Å². The quantitative estimate of drug-likeness (QED) is 0.472. The van der Waals surface area contributed by atoms with Crippen molar-refractivity contribution >= 4 is 21.8 Å². The van der Waals surface area contributed by atoms with Crippen LogP contribution in [0.1, 0.15) is 6.99 Å². The summed E-state index contributed by atoms with van der Waals surface area (Å²) in [6, 6.07) is 6.42. The molecule has 0 saturated carbocycles. The smallest absolute Gasteiger partial charge is 1.00 e. The number of halogens is 1. The summed E-state index contributed by atoms with van der Waals surface area (Å²) in [6.07, 6.45) is 0. The minimum absolute atomic E-state index is 0. The van der Waals surface area contributed by atoms with Crippen molar-refractivity contribution in [2.75, 3.05) is 0 Å². The van der Waals surface area contributed by atoms with E-state index in [0.717, 1.165) is 5.56 Å². The number of rotatable bonds is 2. The van der Waals surface area contributed by atoms with Crippen molar-refractivity contribution in [3.05, 3.63) is 29.8 Å². The summed E-state index contributed by atoms with van der Waals surface area (Å²) in [5, 5.41) is 0. The molecule has 0 aliphatic rings. The van der Waals surface area contributed by atoms with Gasteiger partial charge in [-0.2, -0.15) is 0 Å². The molecule has 0 atom stereocenters. The molecule has 0 radical (unpaired) electrons. The first-order valence-electron chi connectivity index (χ1n) is 3.25. The summed E-state index contributed by atoms with van der Waals surface area (Å²) < 4.78 is 23.9. The van der Waals surface area contributed by atoms with E-state index in [9.17, 15) is 8.42 Å². The van der Waals surface area contributed by atoms with Crippen molar-refractivity contribution in [3.8, 4) is 0 Å². The van der Waals surface area contributed by atoms with Gasteiger partial charge in [0.15, 0.2) is 0 Å². The topological polar surface area (TPSA) is 77.7 Å². The molecule has 1 rings (SSSR count). The summed E-state index contributed by atoms with van der Waals surface area (Å²) in [5.41, 5.74) is 1.00. The van der Waals surface area contributed by atoms with E-state index in [1.54, 1.807) is 16.4 Å². The molecule has 4 nitrogen and oxygen atoms in total. The van der Waals surface area contributed by atoms with E-state index in [2.05, 4.69) is 0 Å². The zero-order valence-electron chi connectivity index (χ0n) is 8.91. The second-order valence-electron chi connectivity index (χ2n) is 2.39. The molecule has 3 N–H and O–H groups in total. The van der Waals surface area contributed by atoms with E-state index < -0.39 is 10.0 Å². The van der Waals surface area contributed by atoms with Gasteiger partial charge in [0, 0.05) is 0 Å². The van der Waals surface area contributed by atoms with E-state index in [0.29, 0.717) is 0 Å². The minimum atomic E-state index is -3.50. The maximum Gasteiger partial charge on any atom is 1.00 e. The Labute approximate surface area is 112 Å². The number of aryl methyl sites for hydroxylation is 1. The molecule has 0 aromatic heterocycles. The molecule has 0 heterocycles. The van der Waals surface area contributed by atoms with Gasteiger partial charge < -0.3 is 6.90 Å². The summed E-state index contributed by atoms with van der Waals surface area (Å²) in [7, 11) is -3.50. The van der Waals surface area contributed by atoms with Crippen LogP contribution in [-0.2, 0) is 10.0 Å². The Hall–Kier alpha value is 0.380. The zero-order chi connectivity index (χ0) is 9.19. The number of sulfonamides is 1. The van der Waals surface area contributed by atoms with Crippen molar-refractivity contribution in [3.63, 3.8) is 0 Å². The average molecular weight is 248 g/mol. The summed E-state index contributed by atoms with van der Waals surface area (Å²) in [5.74, 6) is 0. The van der Waals surface area contributed by atoms with Crippen LogP contribution < -0.4 is 33.8 Å². The molecule has 1 aromatic rings. The van der Waals surface area contributed by atoms with Gasteiger partial charge in [-0.05, 0) is 30.8 Å². The van der Waals surface area contributed by atoms with E-state index in [4.69, 9.17) is 11.8 Å². The third-order valence-electron chi connectivity index (χ3n) is 1.43. The molecule has 76 valence electrons. The minimum Gasteiger partial charge on any atom is -1.00 e. The predicted octanol–water partition coefficient (Wildman–Crippen LogP) is -2.28. The van der Waals surface area contributed by atoms with Crippen molar-refractivity contribution in [1.82, 2.24) is 4.24 Å². The summed E-state index contributed by atoms with van der Waals surface area (Å²) in [6.45, 7) is 1.88. The van der Waals surface area contributed by atoms with Gasteiger partial charge in [0.1, 0.15) is 0 Å². The Kier molecular flexibility index (Phi) is 8.15. The van der Waals surface area contributed by atoms with Gasteiger partial charge in [0.05, 0.1) is 4.90 Å². The van der Waals surface area contributed by atoms with E-state index in [1.165, 1.54) is 12.1 Å². The molecule has 0 saturated heterocycles. The first-order valence-corrected chi connectivity index (χ1v) is 5.11. The normalized spacial score (nSPS) is 9.86. The van der Waals surface area contributed by atoms with E-state index >= 15 is 0 Å². The summed E-state index contributed by atoms with van der Waals surface area (Å²) >= 11 is 5.03. The van der Waals surface area contributed by atoms with Gasteiger partial charge in [-0.15, -0.1) is 4.24 Å². The van der Waals surface area contributed by atoms with Crippen LogP contribution in [0.2, 0.25) is 0 Å². The molecular formula is C7H11ClNNaO3S. The van der Waals surface area contributed by atoms with Crippen LogP contribution in [0.25, 0.3) is 0 Å². The van der Waals surface area contributed by atoms with E-state index in [-0.39, 0.29) is 41.4 Å². The maximum atomic E-state index is 11.1. The predicted molar refractivity (Wildman–Crippen MR) is 52.1 cm³/mol. The zero-order valence-corrected chi connectivity index (χ0v) is 11.5. The molecular weight excluding hydrogens is 237 g/mol. The fourth-order valence-corrected chi connectivity index (χ4v) is 1.61. The second-order valence-corrected chi connectivity index (χ2v) is 4.49. The summed E-state index contributed by atoms with van der Waals surface area (Å²) in [4.78, 5) is 0.170. The number of benzene rings is 1. The van der Waals surface area contributed by atoms with Crippen LogP contribution in [0.4, 0.5) is 0 Å². The Morgan fingerprint density at radius 3 is 2.07 bits per heavy atom. The van der Waals surface area contributed by atoms with E-state index in [1.807, 2.05) is 6.92 Å². The second kappa shape index (κ2) is 6.79. The fourth-order valence-electron chi connectivity index (χ4n) is 0.762. The molecule has 7 heteroatoms. The largest absolute Gasteiger partial charge is 1.00 e. The third kappa shape index (κ3) is 4.27. The first kappa shape index (κ1) is 16.8. The van der Waals surface area contributed by atoms with Crippen molar-refractivity contribution in [1.29, 1.82) is 0 Å². The standard InChI is InChI=1S/C7H8ClNO2S.Na.H2O.H/c1-6-2-4-7(5-3-6)12(10,11)9-8;;;/h2-5,9H,1H3;;1H2;/q;+1;;-1. The molecule has 0 amide bonds. The fraction of sp³-hybridized carbons (Fsp3) is 0.143. The van der Waals surface area contributed by atoms with Crippen LogP contribution in [0.15, 0.2) is 29.2 Å². The number of nitrogens with one attached hydrogen (secondary N) is 1. The van der Waals surface area contributed by atoms with Crippen LogP contribution in [0.5, 0.6) is 0 Å². The van der Waals surface area contributed by atoms with Crippen molar-refractivity contribution in [2.24, 2.45) is 0 Å². The van der Waals surface area contributed by atoms with Crippen LogP contribution in [0.3, 0.4) is 0 Å². The van der Waals surface area contributed by atoms with Gasteiger partial charge in [-0.25, -0.2) is 8.42 Å². The van der Waals surface area contributed by atoms with Crippen LogP contribution in [0, 0.1) is 6.92 Å². The molecule has 0 fully saturated rings. The molecule has 1 aromatic carbocycles. The van der Waals surface area contributed by atoms with Crippen molar-refractivity contribution < 1.29 is 44.9 Å². The Morgan fingerprint density at radius 2 is 1.71 bits per heavy atom. The van der Waals surface area contributed by atoms with Crippen molar-refractivity contribution in [2.45, 2.75) is 11.8 Å². The van der Waals surface area contributed by atoms with Gasteiger partial charge in [-0.1, -0.05) is 17.7 Å². The van der Waals surface area contributed by atoms with Gasteiger partial charge in [0.2, 0.25) is 0 Å². The Balaban J connectivity index is -0.000000480. The monoisotopic (exact) mass is 247 g/mol. The maximum absolute atomic E-state index is 11.1. The average Bonchev–Trinajstić information content (AvgIpc) is 2.05. The Morgan fingerprint density at radius 1 is 1.29 bits per heavy atom. The van der Waals surface area contributed by atoms with Gasteiger partial charge in [-0.3, -0.25) is 0 Å². The van der Waals surface area contributed by atoms with Gasteiger partial charge >= 0.3 is 29.6 Å². The molecule has 0 bridgehead atoms. The number of hydrogen-bond donors (Lipinski definition) is 1. The SMILES string of the molecule is Cc1ccc(S(=O)(=O)NCl)cc1.O.[H-].[Na+]. The molecule has 0 aliphatic heterocycles. The third-order valence-corrected chi connectivity index (χ3v) is 3.14. The van der Waals surface area contributed by atoms with Gasteiger partial charge in [0.25, 0.3) is 10.0 Å². The first-order chi connectivity index (χ1) is 5.56. The molecule has 0 spiro atoms. The van der Waals surface area contributed by atoms with Crippen LogP contribution >= 0.6 is 11.8 Å².